The molecule has 0 saturated heterocycles. The van der Waals surface area contributed by atoms with E-state index in [0.717, 1.165) is 0 Å². The minimum Gasteiger partial charge on any atom is -0.264 e. The fraction of sp³-hybridized carbons (Fsp3) is 0.600. The first-order chi connectivity index (χ1) is 10.9. The van der Waals surface area contributed by atoms with Crippen LogP contribution in [-0.4, -0.2) is 9.97 Å². The molecule has 2 heterocycles. The molecule has 0 amide bonds. The number of hydrogen-bond donors (Lipinski definition) is 0. The maximum Gasteiger partial charge on any atom is 0.0953 e. The van der Waals surface area contributed by atoms with Gasteiger partial charge in [0.2, 0.25) is 0 Å². The van der Waals surface area contributed by atoms with E-state index in [0.29, 0.717) is 23.7 Å². The van der Waals surface area contributed by atoms with Gasteiger partial charge in [0.15, 0.2) is 0 Å². The largest absolute Gasteiger partial charge is 0.264 e. The quantitative estimate of drug-likeness (QED) is 0.581. The number of thiazole rings is 1. The number of aromatic nitrogens is 2. The van der Waals surface area contributed by atoms with Crippen molar-refractivity contribution in [3.63, 3.8) is 0 Å². The van der Waals surface area contributed by atoms with Crippen LogP contribution in [0.5, 0.6) is 0 Å². The Kier molecular flexibility index (Phi) is 6.34. The monoisotopic (exact) mass is 330 g/mol. The van der Waals surface area contributed by atoms with Gasteiger partial charge in [-0.2, -0.15) is 0 Å². The van der Waals surface area contributed by atoms with Gasteiger partial charge in [-0.05, 0) is 41.7 Å². The molecule has 0 aliphatic rings. The molecule has 2 aromatic rings. The van der Waals surface area contributed by atoms with Crippen molar-refractivity contribution in [1.82, 2.24) is 9.97 Å². The summed E-state index contributed by atoms with van der Waals surface area (Å²) >= 11 is 1.80. The highest BCUT2D eigenvalue weighted by atomic mass is 32.1. The summed E-state index contributed by atoms with van der Waals surface area (Å²) in [6, 6.07) is 2.33. The van der Waals surface area contributed by atoms with E-state index >= 15 is 0 Å². The molecule has 0 bridgehead atoms. The zero-order valence-electron chi connectivity index (χ0n) is 15.3. The third-order valence-corrected chi connectivity index (χ3v) is 5.75. The van der Waals surface area contributed by atoms with Crippen molar-refractivity contribution < 1.29 is 0 Å². The van der Waals surface area contributed by atoms with Gasteiger partial charge in [0.1, 0.15) is 0 Å². The molecule has 0 saturated carbocycles. The van der Waals surface area contributed by atoms with Crippen molar-refractivity contribution in [1.29, 1.82) is 0 Å². The Balaban J connectivity index is 1.95. The minimum atomic E-state index is 0.530. The van der Waals surface area contributed by atoms with Crippen LogP contribution in [0, 0.1) is 0 Å². The van der Waals surface area contributed by atoms with Crippen LogP contribution in [0.3, 0.4) is 0 Å². The summed E-state index contributed by atoms with van der Waals surface area (Å²) in [4.78, 5) is 9.23. The average Bonchev–Trinajstić information content (AvgIpc) is 3.02. The summed E-state index contributed by atoms with van der Waals surface area (Å²) in [5.74, 6) is 2.15. The fourth-order valence-electron chi connectivity index (χ4n) is 2.67. The minimum absolute atomic E-state index is 0.530. The SMILES string of the molecule is CC(C)c1cncc([C@H](C)CCC(C)c2csc(C(C)C)n2)c1. The van der Waals surface area contributed by atoms with Gasteiger partial charge in [-0.15, -0.1) is 11.3 Å². The smallest absolute Gasteiger partial charge is 0.0953 e. The molecule has 2 aromatic heterocycles. The topological polar surface area (TPSA) is 25.8 Å². The molecule has 2 rings (SSSR count). The predicted molar refractivity (Wildman–Crippen MR) is 101 cm³/mol. The third-order valence-electron chi connectivity index (χ3n) is 4.59. The summed E-state index contributed by atoms with van der Waals surface area (Å²) in [6.45, 7) is 13.5. The lowest BCUT2D eigenvalue weighted by Gasteiger charge is -2.16. The Labute approximate surface area is 145 Å². The van der Waals surface area contributed by atoms with E-state index < -0.39 is 0 Å². The molecule has 0 aliphatic heterocycles. The Bertz CT molecular complexity index is 616. The molecule has 23 heavy (non-hydrogen) atoms. The van der Waals surface area contributed by atoms with Gasteiger partial charge < -0.3 is 0 Å². The van der Waals surface area contributed by atoms with Crippen LogP contribution >= 0.6 is 11.3 Å². The molecule has 2 atom stereocenters. The first-order valence-corrected chi connectivity index (χ1v) is 9.66. The van der Waals surface area contributed by atoms with E-state index in [4.69, 9.17) is 4.98 Å². The molecule has 2 nitrogen and oxygen atoms in total. The lowest BCUT2D eigenvalue weighted by atomic mass is 9.91. The number of nitrogens with zero attached hydrogens (tertiary/aromatic N) is 2. The van der Waals surface area contributed by atoms with Crippen molar-refractivity contribution in [2.24, 2.45) is 0 Å². The lowest BCUT2D eigenvalue weighted by Crippen LogP contribution is -2.01. The van der Waals surface area contributed by atoms with Crippen molar-refractivity contribution in [3.8, 4) is 0 Å². The first kappa shape index (κ1) is 18.1. The molecular formula is C20H30N2S. The Morgan fingerprint density at radius 3 is 2.13 bits per heavy atom. The number of rotatable bonds is 7. The zero-order valence-corrected chi connectivity index (χ0v) is 16.2. The second kappa shape index (κ2) is 8.05. The third kappa shape index (κ3) is 4.87. The molecule has 0 fully saturated rings. The highest BCUT2D eigenvalue weighted by molar-refractivity contribution is 7.09. The van der Waals surface area contributed by atoms with E-state index in [1.807, 2.05) is 12.4 Å². The van der Waals surface area contributed by atoms with Crippen LogP contribution in [0.1, 0.15) is 99.9 Å². The number of hydrogen-bond acceptors (Lipinski definition) is 3. The Morgan fingerprint density at radius 1 is 0.870 bits per heavy atom. The van der Waals surface area contributed by atoms with Gasteiger partial charge in [0.05, 0.1) is 10.7 Å². The van der Waals surface area contributed by atoms with E-state index in [2.05, 4.69) is 58.0 Å². The van der Waals surface area contributed by atoms with Crippen LogP contribution in [0.25, 0.3) is 0 Å². The molecule has 0 radical (unpaired) electrons. The second-order valence-electron chi connectivity index (χ2n) is 7.35. The molecule has 126 valence electrons. The van der Waals surface area contributed by atoms with Gasteiger partial charge in [-0.1, -0.05) is 47.6 Å². The molecule has 1 unspecified atom stereocenters. The van der Waals surface area contributed by atoms with E-state index in [1.165, 1.54) is 34.7 Å². The molecule has 0 spiro atoms. The number of pyridine rings is 1. The van der Waals surface area contributed by atoms with Crippen molar-refractivity contribution in [3.05, 3.63) is 45.7 Å². The van der Waals surface area contributed by atoms with Gasteiger partial charge >= 0.3 is 0 Å². The van der Waals surface area contributed by atoms with Crippen LogP contribution in [0.2, 0.25) is 0 Å². The average molecular weight is 331 g/mol. The van der Waals surface area contributed by atoms with E-state index in [9.17, 15) is 0 Å². The maximum atomic E-state index is 4.80. The predicted octanol–water partition coefficient (Wildman–Crippen LogP) is 6.47. The molecule has 0 N–H and O–H groups in total. The second-order valence-corrected chi connectivity index (χ2v) is 8.24. The molecule has 0 aliphatic carbocycles. The Hall–Kier alpha value is -1.22. The zero-order chi connectivity index (χ0) is 17.0. The van der Waals surface area contributed by atoms with Crippen molar-refractivity contribution in [2.45, 2.75) is 78.1 Å². The summed E-state index contributed by atoms with van der Waals surface area (Å²) in [5, 5.41) is 3.50. The summed E-state index contributed by atoms with van der Waals surface area (Å²) in [5.41, 5.74) is 3.97. The Morgan fingerprint density at radius 2 is 1.52 bits per heavy atom. The molecule has 3 heteroatoms. The van der Waals surface area contributed by atoms with Crippen LogP contribution in [0.15, 0.2) is 23.8 Å². The summed E-state index contributed by atoms with van der Waals surface area (Å²) in [6.07, 6.45) is 6.38. The van der Waals surface area contributed by atoms with Crippen LogP contribution < -0.4 is 0 Å². The van der Waals surface area contributed by atoms with Crippen molar-refractivity contribution >= 4 is 11.3 Å². The van der Waals surface area contributed by atoms with E-state index in [-0.39, 0.29) is 0 Å². The molecule has 0 aromatic carbocycles. The fourth-order valence-corrected chi connectivity index (χ4v) is 3.63. The van der Waals surface area contributed by atoms with Crippen LogP contribution in [0.4, 0.5) is 0 Å². The highest BCUT2D eigenvalue weighted by Gasteiger charge is 2.15. The highest BCUT2D eigenvalue weighted by Crippen LogP contribution is 2.30. The maximum absolute atomic E-state index is 4.80. The van der Waals surface area contributed by atoms with Gasteiger partial charge in [0.25, 0.3) is 0 Å². The van der Waals surface area contributed by atoms with Gasteiger partial charge in [-0.25, -0.2) is 4.98 Å². The van der Waals surface area contributed by atoms with Gasteiger partial charge in [0, 0.05) is 23.7 Å². The summed E-state index contributed by atoms with van der Waals surface area (Å²) in [7, 11) is 0. The van der Waals surface area contributed by atoms with Gasteiger partial charge in [-0.3, -0.25) is 4.98 Å². The lowest BCUT2D eigenvalue weighted by molar-refractivity contribution is 0.564. The van der Waals surface area contributed by atoms with Crippen molar-refractivity contribution in [2.75, 3.05) is 0 Å². The first-order valence-electron chi connectivity index (χ1n) is 8.78. The van der Waals surface area contributed by atoms with Crippen LogP contribution in [-0.2, 0) is 0 Å². The molecular weight excluding hydrogens is 300 g/mol. The van der Waals surface area contributed by atoms with E-state index in [1.54, 1.807) is 11.3 Å². The standard InChI is InChI=1S/C20H30N2S/c1-13(2)17-9-18(11-21-10-17)15(5)7-8-16(6)19-12-23-20(22-19)14(3)4/h9-16H,7-8H2,1-6H3/t15-,16?/m1/s1. The normalized spacial score (nSPS) is 14.4. The summed E-state index contributed by atoms with van der Waals surface area (Å²) < 4.78 is 0.